The van der Waals surface area contributed by atoms with Gasteiger partial charge in [0.15, 0.2) is 0 Å². The topological polar surface area (TPSA) is 21.3 Å². The van der Waals surface area contributed by atoms with Crippen LogP contribution in [0.25, 0.3) is 0 Å². The van der Waals surface area contributed by atoms with Crippen molar-refractivity contribution < 1.29 is 4.74 Å². The zero-order chi connectivity index (χ0) is 11.1. The number of nitrogens with one attached hydrogen (secondary N) is 1. The minimum absolute atomic E-state index is 0.674. The third-order valence-corrected chi connectivity index (χ3v) is 3.80. The van der Waals surface area contributed by atoms with Gasteiger partial charge in [0, 0.05) is 18.5 Å². The maximum absolute atomic E-state index is 4.98. The molecule has 4 heteroatoms. The molecular formula is C11H18BrNOS. The quantitative estimate of drug-likeness (QED) is 0.780. The highest BCUT2D eigenvalue weighted by Crippen LogP contribution is 2.24. The zero-order valence-corrected chi connectivity index (χ0v) is 11.7. The highest BCUT2D eigenvalue weighted by atomic mass is 79.9. The Bertz CT molecular complexity index is 277. The summed E-state index contributed by atoms with van der Waals surface area (Å²) in [7, 11) is 1.73. The lowest BCUT2D eigenvalue weighted by atomic mass is 10.1. The van der Waals surface area contributed by atoms with E-state index in [9.17, 15) is 0 Å². The lowest BCUT2D eigenvalue weighted by Gasteiger charge is -2.11. The number of methoxy groups -OCH3 is 1. The van der Waals surface area contributed by atoms with Gasteiger partial charge in [-0.25, -0.2) is 0 Å². The van der Waals surface area contributed by atoms with Gasteiger partial charge in [0.1, 0.15) is 0 Å². The molecule has 1 aromatic rings. The minimum atomic E-state index is 0.674. The predicted molar refractivity (Wildman–Crippen MR) is 69.6 cm³/mol. The summed E-state index contributed by atoms with van der Waals surface area (Å²) in [4.78, 5) is 1.45. The first kappa shape index (κ1) is 13.2. The van der Waals surface area contributed by atoms with Crippen LogP contribution in [0.1, 0.15) is 11.8 Å². The normalized spacial score (nSPS) is 13.0. The molecule has 0 saturated carbocycles. The second kappa shape index (κ2) is 7.39. The van der Waals surface area contributed by atoms with Crippen molar-refractivity contribution in [1.82, 2.24) is 5.32 Å². The van der Waals surface area contributed by atoms with Crippen LogP contribution in [-0.2, 0) is 11.2 Å². The molecule has 1 N–H and O–H groups in total. The van der Waals surface area contributed by atoms with Crippen molar-refractivity contribution in [3.8, 4) is 0 Å². The molecule has 0 fully saturated rings. The summed E-state index contributed by atoms with van der Waals surface area (Å²) in [5, 5.41) is 3.38. The lowest BCUT2D eigenvalue weighted by Crippen LogP contribution is -2.25. The van der Waals surface area contributed by atoms with E-state index in [0.717, 1.165) is 26.1 Å². The maximum atomic E-state index is 4.98. The van der Waals surface area contributed by atoms with E-state index in [0.29, 0.717) is 5.92 Å². The first-order valence-corrected chi connectivity index (χ1v) is 6.77. The van der Waals surface area contributed by atoms with E-state index in [2.05, 4.69) is 40.3 Å². The third kappa shape index (κ3) is 5.66. The summed E-state index contributed by atoms with van der Waals surface area (Å²) in [6.07, 6.45) is 1.15. The molecule has 1 atom stereocenters. The number of hydrogen-bond acceptors (Lipinski definition) is 3. The molecule has 0 aliphatic heterocycles. The molecule has 0 amide bonds. The predicted octanol–water partition coefficient (Wildman–Crippen LogP) is 2.93. The molecule has 0 aliphatic carbocycles. The number of thiophene rings is 1. The molecular weight excluding hydrogens is 274 g/mol. The van der Waals surface area contributed by atoms with Gasteiger partial charge in [0.05, 0.1) is 10.4 Å². The molecule has 15 heavy (non-hydrogen) atoms. The SMILES string of the molecule is COCCNCC(C)Cc1ccc(Br)s1. The number of halogens is 1. The van der Waals surface area contributed by atoms with E-state index >= 15 is 0 Å². The summed E-state index contributed by atoms with van der Waals surface area (Å²) in [5.41, 5.74) is 0. The lowest BCUT2D eigenvalue weighted by molar-refractivity contribution is 0.198. The van der Waals surface area contributed by atoms with Crippen LogP contribution in [0.4, 0.5) is 0 Å². The van der Waals surface area contributed by atoms with Gasteiger partial charge in [0.2, 0.25) is 0 Å². The molecule has 1 unspecified atom stereocenters. The van der Waals surface area contributed by atoms with Gasteiger partial charge in [0.25, 0.3) is 0 Å². The van der Waals surface area contributed by atoms with Gasteiger partial charge in [-0.05, 0) is 46.9 Å². The minimum Gasteiger partial charge on any atom is -0.383 e. The summed E-state index contributed by atoms with van der Waals surface area (Å²) in [6, 6.07) is 4.31. The van der Waals surface area contributed by atoms with Crippen molar-refractivity contribution >= 4 is 27.3 Å². The van der Waals surface area contributed by atoms with Crippen molar-refractivity contribution in [2.24, 2.45) is 5.92 Å². The fourth-order valence-electron chi connectivity index (χ4n) is 1.40. The van der Waals surface area contributed by atoms with Crippen molar-refractivity contribution in [3.63, 3.8) is 0 Å². The Labute approximate surface area is 104 Å². The Hall–Kier alpha value is 0.1000. The van der Waals surface area contributed by atoms with Crippen molar-refractivity contribution in [2.75, 3.05) is 26.8 Å². The molecule has 0 spiro atoms. The van der Waals surface area contributed by atoms with Crippen LogP contribution in [0.2, 0.25) is 0 Å². The van der Waals surface area contributed by atoms with Gasteiger partial charge >= 0.3 is 0 Å². The van der Waals surface area contributed by atoms with E-state index in [-0.39, 0.29) is 0 Å². The first-order valence-electron chi connectivity index (χ1n) is 5.16. The number of ether oxygens (including phenoxy) is 1. The number of hydrogen-bond donors (Lipinski definition) is 1. The van der Waals surface area contributed by atoms with E-state index in [4.69, 9.17) is 4.74 Å². The van der Waals surface area contributed by atoms with Crippen LogP contribution in [0, 0.1) is 5.92 Å². The van der Waals surface area contributed by atoms with Crippen LogP contribution < -0.4 is 5.32 Å². The fourth-order valence-corrected chi connectivity index (χ4v) is 3.05. The van der Waals surface area contributed by atoms with E-state index in [1.165, 1.54) is 8.66 Å². The molecule has 0 radical (unpaired) electrons. The number of rotatable bonds is 7. The summed E-state index contributed by atoms with van der Waals surface area (Å²) < 4.78 is 6.20. The van der Waals surface area contributed by atoms with Crippen molar-refractivity contribution in [1.29, 1.82) is 0 Å². The molecule has 86 valence electrons. The molecule has 0 aromatic carbocycles. The van der Waals surface area contributed by atoms with E-state index in [1.54, 1.807) is 7.11 Å². The Morgan fingerprint density at radius 2 is 2.33 bits per heavy atom. The third-order valence-electron chi connectivity index (χ3n) is 2.15. The summed E-state index contributed by atoms with van der Waals surface area (Å²) in [5.74, 6) is 0.674. The highest BCUT2D eigenvalue weighted by Gasteiger charge is 2.05. The van der Waals surface area contributed by atoms with Gasteiger partial charge in [-0.1, -0.05) is 6.92 Å². The Morgan fingerprint density at radius 1 is 1.53 bits per heavy atom. The van der Waals surface area contributed by atoms with Gasteiger partial charge in [-0.3, -0.25) is 0 Å². The molecule has 1 rings (SSSR count). The average Bonchev–Trinajstić information content (AvgIpc) is 2.59. The van der Waals surface area contributed by atoms with E-state index < -0.39 is 0 Å². The Kier molecular flexibility index (Phi) is 6.48. The zero-order valence-electron chi connectivity index (χ0n) is 9.25. The second-order valence-electron chi connectivity index (χ2n) is 3.71. The average molecular weight is 292 g/mol. The van der Waals surface area contributed by atoms with Gasteiger partial charge < -0.3 is 10.1 Å². The van der Waals surface area contributed by atoms with Gasteiger partial charge in [-0.15, -0.1) is 11.3 Å². The van der Waals surface area contributed by atoms with Crippen molar-refractivity contribution in [3.05, 3.63) is 20.8 Å². The molecule has 1 aromatic heterocycles. The second-order valence-corrected chi connectivity index (χ2v) is 6.26. The highest BCUT2D eigenvalue weighted by molar-refractivity contribution is 9.11. The molecule has 2 nitrogen and oxygen atoms in total. The fraction of sp³-hybridized carbons (Fsp3) is 0.636. The Balaban J connectivity index is 2.15. The first-order chi connectivity index (χ1) is 7.22. The standard InChI is InChI=1S/C11H18BrNOS/c1-9(8-13-5-6-14-2)7-10-3-4-11(12)15-10/h3-4,9,13H,5-8H2,1-2H3. The van der Waals surface area contributed by atoms with Crippen LogP contribution in [0.5, 0.6) is 0 Å². The summed E-state index contributed by atoms with van der Waals surface area (Å²) >= 11 is 5.31. The van der Waals surface area contributed by atoms with Crippen LogP contribution in [-0.4, -0.2) is 26.8 Å². The van der Waals surface area contributed by atoms with Crippen LogP contribution >= 0.6 is 27.3 Å². The Morgan fingerprint density at radius 3 is 2.93 bits per heavy atom. The van der Waals surface area contributed by atoms with Crippen molar-refractivity contribution in [2.45, 2.75) is 13.3 Å². The van der Waals surface area contributed by atoms with Crippen LogP contribution in [0.15, 0.2) is 15.9 Å². The maximum Gasteiger partial charge on any atom is 0.0701 e. The molecule has 0 saturated heterocycles. The molecule has 0 aliphatic rings. The van der Waals surface area contributed by atoms with E-state index in [1.807, 2.05) is 11.3 Å². The summed E-state index contributed by atoms with van der Waals surface area (Å²) in [6.45, 7) is 5.05. The molecule has 1 heterocycles. The van der Waals surface area contributed by atoms with Gasteiger partial charge in [-0.2, -0.15) is 0 Å². The molecule has 0 bridgehead atoms. The monoisotopic (exact) mass is 291 g/mol. The smallest absolute Gasteiger partial charge is 0.0701 e. The van der Waals surface area contributed by atoms with Crippen LogP contribution in [0.3, 0.4) is 0 Å². The largest absolute Gasteiger partial charge is 0.383 e.